The first-order chi connectivity index (χ1) is 14.9. The zero-order valence-corrected chi connectivity index (χ0v) is 16.7. The molecule has 1 atom stereocenters. The maximum Gasteiger partial charge on any atom is 0.325 e. The van der Waals surface area contributed by atoms with Gasteiger partial charge >= 0.3 is 6.03 Å². The lowest BCUT2D eigenvalue weighted by molar-refractivity contribution is -0.130. The number of carbonyl (C=O) groups is 4. The molecule has 5 rings (SSSR count). The van der Waals surface area contributed by atoms with Gasteiger partial charge < -0.3 is 14.8 Å². The summed E-state index contributed by atoms with van der Waals surface area (Å²) in [6.45, 7) is 1.66. The number of urea groups is 1. The van der Waals surface area contributed by atoms with Crippen molar-refractivity contribution in [2.75, 3.05) is 19.9 Å². The number of imide groups is 2. The third-order valence-corrected chi connectivity index (χ3v) is 5.77. The first-order valence-corrected chi connectivity index (χ1v) is 9.85. The van der Waals surface area contributed by atoms with Crippen LogP contribution < -0.4 is 14.8 Å². The van der Waals surface area contributed by atoms with Crippen LogP contribution in [0.1, 0.15) is 33.2 Å². The van der Waals surface area contributed by atoms with Gasteiger partial charge in [-0.1, -0.05) is 18.2 Å². The Labute approximate surface area is 177 Å². The molecule has 5 amide bonds. The molecule has 1 unspecified atom stereocenters. The Hall–Kier alpha value is -3.88. The van der Waals surface area contributed by atoms with Crippen LogP contribution in [-0.4, -0.2) is 59.0 Å². The van der Waals surface area contributed by atoms with Crippen LogP contribution >= 0.6 is 0 Å². The maximum absolute atomic E-state index is 13.1. The summed E-state index contributed by atoms with van der Waals surface area (Å²) >= 11 is 0. The Bertz CT molecular complexity index is 1110. The van der Waals surface area contributed by atoms with E-state index >= 15 is 0 Å². The molecule has 1 saturated heterocycles. The monoisotopic (exact) mass is 421 g/mol. The Morgan fingerprint density at radius 2 is 1.55 bits per heavy atom. The largest absolute Gasteiger partial charge is 0.454 e. The molecule has 0 bridgehead atoms. The van der Waals surface area contributed by atoms with E-state index in [0.717, 1.165) is 15.4 Å². The van der Waals surface area contributed by atoms with Crippen molar-refractivity contribution in [3.63, 3.8) is 0 Å². The number of nitrogens with zero attached hydrogens (tertiary/aromatic N) is 2. The topological polar surface area (TPSA) is 105 Å². The second kappa shape index (κ2) is 6.83. The average Bonchev–Trinajstić information content (AvgIpc) is 3.37. The molecule has 0 saturated carbocycles. The molecule has 1 fully saturated rings. The summed E-state index contributed by atoms with van der Waals surface area (Å²) in [5.74, 6) is -0.0167. The molecular weight excluding hydrogens is 402 g/mol. The SMILES string of the molecule is CC1(Cc2ccc3c(c2)OCO3)NC(=O)N(CCN2C(=O)c3ccccc3C2=O)C1=O. The number of fused-ring (bicyclic) bond motifs is 2. The van der Waals surface area contributed by atoms with E-state index in [1.54, 1.807) is 43.3 Å². The van der Waals surface area contributed by atoms with Gasteiger partial charge in [0.25, 0.3) is 17.7 Å². The van der Waals surface area contributed by atoms with Crippen molar-refractivity contribution in [2.45, 2.75) is 18.9 Å². The fraction of sp³-hybridized carbons (Fsp3) is 0.273. The molecule has 0 aromatic heterocycles. The minimum Gasteiger partial charge on any atom is -0.454 e. The highest BCUT2D eigenvalue weighted by Gasteiger charge is 2.48. The standard InChI is InChI=1S/C22H19N3O6/c1-22(11-13-6-7-16-17(10-13)31-12-30-16)20(28)25(21(29)23-22)9-8-24-18(26)14-4-2-3-5-15(14)19(24)27/h2-7,10H,8-9,11-12H2,1H3,(H,23,29). The first-order valence-electron chi connectivity index (χ1n) is 9.85. The van der Waals surface area contributed by atoms with Gasteiger partial charge in [0.2, 0.25) is 6.79 Å². The number of nitrogens with one attached hydrogen (secondary N) is 1. The van der Waals surface area contributed by atoms with Crippen molar-refractivity contribution in [3.05, 3.63) is 59.2 Å². The molecule has 0 spiro atoms. The lowest BCUT2D eigenvalue weighted by Crippen LogP contribution is -2.46. The van der Waals surface area contributed by atoms with Gasteiger partial charge in [-0.2, -0.15) is 0 Å². The van der Waals surface area contributed by atoms with Crippen LogP contribution in [0.5, 0.6) is 11.5 Å². The molecule has 31 heavy (non-hydrogen) atoms. The van der Waals surface area contributed by atoms with Gasteiger partial charge in [0.1, 0.15) is 5.54 Å². The van der Waals surface area contributed by atoms with E-state index in [1.165, 1.54) is 0 Å². The number of benzene rings is 2. The van der Waals surface area contributed by atoms with Gasteiger partial charge in [-0.25, -0.2) is 4.79 Å². The predicted octanol–water partition coefficient (Wildman–Crippen LogP) is 1.56. The van der Waals surface area contributed by atoms with Crippen LogP contribution in [0.15, 0.2) is 42.5 Å². The molecule has 0 aliphatic carbocycles. The number of amides is 5. The van der Waals surface area contributed by atoms with E-state index in [4.69, 9.17) is 9.47 Å². The highest BCUT2D eigenvalue weighted by molar-refractivity contribution is 6.21. The summed E-state index contributed by atoms with van der Waals surface area (Å²) in [6.07, 6.45) is 0.262. The Balaban J connectivity index is 1.28. The number of carbonyl (C=O) groups excluding carboxylic acids is 4. The van der Waals surface area contributed by atoms with Gasteiger partial charge in [0.15, 0.2) is 11.5 Å². The highest BCUT2D eigenvalue weighted by atomic mass is 16.7. The summed E-state index contributed by atoms with van der Waals surface area (Å²) < 4.78 is 10.7. The number of hydrogen-bond acceptors (Lipinski definition) is 6. The van der Waals surface area contributed by atoms with Crippen molar-refractivity contribution < 1.29 is 28.7 Å². The fourth-order valence-corrected chi connectivity index (χ4v) is 4.17. The number of ether oxygens (including phenoxy) is 2. The summed E-state index contributed by atoms with van der Waals surface area (Å²) in [5, 5.41) is 2.74. The van der Waals surface area contributed by atoms with Gasteiger partial charge in [-0.05, 0) is 36.8 Å². The number of rotatable bonds is 5. The molecule has 158 valence electrons. The smallest absolute Gasteiger partial charge is 0.325 e. The second-order valence-electron chi connectivity index (χ2n) is 7.89. The van der Waals surface area contributed by atoms with E-state index in [0.29, 0.717) is 22.6 Å². The highest BCUT2D eigenvalue weighted by Crippen LogP contribution is 2.34. The van der Waals surface area contributed by atoms with E-state index in [1.807, 2.05) is 6.07 Å². The van der Waals surface area contributed by atoms with Crippen molar-refractivity contribution in [1.82, 2.24) is 15.1 Å². The summed E-state index contributed by atoms with van der Waals surface area (Å²) in [6, 6.07) is 11.4. The average molecular weight is 421 g/mol. The lowest BCUT2D eigenvalue weighted by atomic mass is 9.92. The molecule has 9 heteroatoms. The van der Waals surface area contributed by atoms with Crippen molar-refractivity contribution in [2.24, 2.45) is 0 Å². The van der Waals surface area contributed by atoms with Crippen molar-refractivity contribution in [1.29, 1.82) is 0 Å². The quantitative estimate of drug-likeness (QED) is 0.580. The van der Waals surface area contributed by atoms with Crippen LogP contribution in [0.2, 0.25) is 0 Å². The van der Waals surface area contributed by atoms with Gasteiger partial charge in [0.05, 0.1) is 11.1 Å². The molecular formula is C22H19N3O6. The van der Waals surface area contributed by atoms with Crippen LogP contribution in [0.25, 0.3) is 0 Å². The van der Waals surface area contributed by atoms with E-state index in [-0.39, 0.29) is 26.3 Å². The van der Waals surface area contributed by atoms with E-state index < -0.39 is 29.3 Å². The fourth-order valence-electron chi connectivity index (χ4n) is 4.17. The van der Waals surface area contributed by atoms with Crippen LogP contribution in [-0.2, 0) is 11.2 Å². The zero-order chi connectivity index (χ0) is 21.8. The van der Waals surface area contributed by atoms with Gasteiger partial charge in [-0.15, -0.1) is 0 Å². The van der Waals surface area contributed by atoms with E-state index in [9.17, 15) is 19.2 Å². The summed E-state index contributed by atoms with van der Waals surface area (Å²) in [7, 11) is 0. The summed E-state index contributed by atoms with van der Waals surface area (Å²) in [5.41, 5.74) is 0.324. The second-order valence-corrected chi connectivity index (χ2v) is 7.89. The van der Waals surface area contributed by atoms with E-state index in [2.05, 4.69) is 5.32 Å². The van der Waals surface area contributed by atoms with Crippen molar-refractivity contribution >= 4 is 23.8 Å². The van der Waals surface area contributed by atoms with Crippen LogP contribution in [0.3, 0.4) is 0 Å². The molecule has 1 N–H and O–H groups in total. The molecule has 3 heterocycles. The zero-order valence-electron chi connectivity index (χ0n) is 16.7. The van der Waals surface area contributed by atoms with Gasteiger partial charge in [0, 0.05) is 19.5 Å². The molecule has 0 radical (unpaired) electrons. The third kappa shape index (κ3) is 3.00. The predicted molar refractivity (Wildman–Crippen MR) is 107 cm³/mol. The maximum atomic E-state index is 13.1. The Kier molecular flexibility index (Phi) is 4.21. The third-order valence-electron chi connectivity index (χ3n) is 5.77. The summed E-state index contributed by atoms with van der Waals surface area (Å²) in [4.78, 5) is 52.7. The molecule has 3 aliphatic heterocycles. The lowest BCUT2D eigenvalue weighted by Gasteiger charge is -2.22. The molecule has 2 aromatic rings. The normalized spacial score (nSPS) is 21.7. The first kappa shape index (κ1) is 19.1. The Morgan fingerprint density at radius 1 is 0.903 bits per heavy atom. The molecule has 3 aliphatic rings. The molecule has 2 aromatic carbocycles. The van der Waals surface area contributed by atoms with Crippen LogP contribution in [0, 0.1) is 0 Å². The van der Waals surface area contributed by atoms with Gasteiger partial charge in [-0.3, -0.25) is 24.2 Å². The Morgan fingerprint density at radius 3 is 2.26 bits per heavy atom. The minimum atomic E-state index is -1.15. The molecule has 9 nitrogen and oxygen atoms in total. The van der Waals surface area contributed by atoms with Crippen molar-refractivity contribution in [3.8, 4) is 11.5 Å². The van der Waals surface area contributed by atoms with Crippen LogP contribution in [0.4, 0.5) is 4.79 Å². The minimum absolute atomic E-state index is 0.0639. The number of hydrogen-bond donors (Lipinski definition) is 1.